The van der Waals surface area contributed by atoms with Crippen LogP contribution in [0.4, 0.5) is 0 Å². The highest BCUT2D eigenvalue weighted by molar-refractivity contribution is 7.27. The summed E-state index contributed by atoms with van der Waals surface area (Å²) in [5.74, 6) is 0. The molecule has 2 heteroatoms. The summed E-state index contributed by atoms with van der Waals surface area (Å²) < 4.78 is 5.42. The lowest BCUT2D eigenvalue weighted by molar-refractivity contribution is 1.66. The predicted molar refractivity (Wildman–Crippen MR) is 239 cm³/mol. The van der Waals surface area contributed by atoms with Crippen molar-refractivity contribution in [3.8, 4) is 33.4 Å². The van der Waals surface area contributed by atoms with Gasteiger partial charge in [0, 0.05) is 45.7 Å². The number of benzene rings is 10. The topological polar surface area (TPSA) is 0 Å². The second kappa shape index (κ2) is 11.6. The minimum absolute atomic E-state index is 1.24. The molecule has 12 rings (SSSR count). The molecule has 0 fully saturated rings. The van der Waals surface area contributed by atoms with Gasteiger partial charge in [-0.05, 0) is 101 Å². The summed E-state index contributed by atoms with van der Waals surface area (Å²) in [6.07, 6.45) is 0. The maximum atomic E-state index is 2.39. The van der Waals surface area contributed by atoms with Crippen LogP contribution in [0.2, 0.25) is 0 Å². The normalized spacial score (nSPS) is 12.1. The zero-order valence-electron chi connectivity index (χ0n) is 29.1. The first-order valence-corrected chi connectivity index (χ1v) is 20.1. The Kier molecular flexibility index (Phi) is 6.48. The van der Waals surface area contributed by atoms with Crippen molar-refractivity contribution in [3.63, 3.8) is 0 Å². The van der Waals surface area contributed by atoms with Crippen LogP contribution >= 0.6 is 22.7 Å². The minimum Gasteiger partial charge on any atom is -0.135 e. The fraction of sp³-hybridized carbons (Fsp3) is 0. The Morgan fingerprint density at radius 3 is 1.52 bits per heavy atom. The SMILES string of the molecule is c1ccc(-c2c3ccccc3c(-c3ccc4cc(-c5ccc6c(c5)sc5ccc7c(ccc8c9ccccc9sc87)c56)ccc4c3)c3ccccc23)cc1. The largest absolute Gasteiger partial charge is 0.135 e. The van der Waals surface area contributed by atoms with E-state index in [1.807, 2.05) is 22.7 Å². The van der Waals surface area contributed by atoms with E-state index in [4.69, 9.17) is 0 Å². The van der Waals surface area contributed by atoms with Crippen LogP contribution in [0, 0.1) is 0 Å². The maximum absolute atomic E-state index is 2.39. The van der Waals surface area contributed by atoms with Gasteiger partial charge in [-0.2, -0.15) is 0 Å². The van der Waals surface area contributed by atoms with Crippen molar-refractivity contribution >= 4 is 106 Å². The average Bonchev–Trinajstić information content (AvgIpc) is 3.81. The summed E-state index contributed by atoms with van der Waals surface area (Å²) in [5.41, 5.74) is 7.59. The fourth-order valence-electron chi connectivity index (χ4n) is 8.98. The zero-order chi connectivity index (χ0) is 35.3. The molecule has 2 heterocycles. The van der Waals surface area contributed by atoms with Gasteiger partial charge in [-0.15, -0.1) is 22.7 Å². The van der Waals surface area contributed by atoms with Crippen LogP contribution in [0.25, 0.3) is 117 Å². The van der Waals surface area contributed by atoms with Gasteiger partial charge in [-0.25, -0.2) is 0 Å². The molecular formula is C52H30S2. The van der Waals surface area contributed by atoms with E-state index in [0.717, 1.165) is 0 Å². The molecule has 10 aromatic carbocycles. The molecule has 0 unspecified atom stereocenters. The van der Waals surface area contributed by atoms with Crippen LogP contribution < -0.4 is 0 Å². The van der Waals surface area contributed by atoms with Crippen LogP contribution in [-0.4, -0.2) is 0 Å². The van der Waals surface area contributed by atoms with Crippen molar-refractivity contribution in [2.45, 2.75) is 0 Å². The highest BCUT2D eigenvalue weighted by atomic mass is 32.1. The molecule has 0 saturated carbocycles. The van der Waals surface area contributed by atoms with Crippen LogP contribution in [0.3, 0.4) is 0 Å². The minimum atomic E-state index is 1.24. The summed E-state index contributed by atoms with van der Waals surface area (Å²) in [4.78, 5) is 0. The molecule has 0 spiro atoms. The maximum Gasteiger partial charge on any atom is 0.0434 e. The molecule has 0 amide bonds. The first kappa shape index (κ1) is 30.2. The van der Waals surface area contributed by atoms with E-state index in [2.05, 4.69) is 182 Å². The van der Waals surface area contributed by atoms with Crippen molar-refractivity contribution in [1.82, 2.24) is 0 Å². The summed E-state index contributed by atoms with van der Waals surface area (Å²) in [5, 5.41) is 15.8. The van der Waals surface area contributed by atoms with Crippen LogP contribution in [0.1, 0.15) is 0 Å². The first-order chi connectivity index (χ1) is 26.8. The van der Waals surface area contributed by atoms with E-state index in [0.29, 0.717) is 0 Å². The van der Waals surface area contributed by atoms with Gasteiger partial charge in [0.25, 0.3) is 0 Å². The highest BCUT2D eigenvalue weighted by Crippen LogP contribution is 2.46. The summed E-state index contributed by atoms with van der Waals surface area (Å²) >= 11 is 3.81. The van der Waals surface area contributed by atoms with Crippen LogP contribution in [0.15, 0.2) is 182 Å². The zero-order valence-corrected chi connectivity index (χ0v) is 30.8. The first-order valence-electron chi connectivity index (χ1n) is 18.5. The summed E-state index contributed by atoms with van der Waals surface area (Å²) in [7, 11) is 0. The van der Waals surface area contributed by atoms with Crippen molar-refractivity contribution in [1.29, 1.82) is 0 Å². The van der Waals surface area contributed by atoms with Gasteiger partial charge in [0.15, 0.2) is 0 Å². The Bertz CT molecular complexity index is 3430. The lowest BCUT2D eigenvalue weighted by atomic mass is 9.85. The molecule has 0 saturated heterocycles. The number of thiophene rings is 2. The number of hydrogen-bond donors (Lipinski definition) is 0. The van der Waals surface area contributed by atoms with Crippen molar-refractivity contribution in [2.75, 3.05) is 0 Å². The Hall–Kier alpha value is -6.32. The van der Waals surface area contributed by atoms with E-state index in [9.17, 15) is 0 Å². The van der Waals surface area contributed by atoms with E-state index >= 15 is 0 Å². The molecule has 12 aromatic rings. The summed E-state index contributed by atoms with van der Waals surface area (Å²) in [6, 6.07) is 67.8. The van der Waals surface area contributed by atoms with Gasteiger partial charge in [-0.3, -0.25) is 0 Å². The molecule has 0 bridgehead atoms. The van der Waals surface area contributed by atoms with Crippen molar-refractivity contribution in [3.05, 3.63) is 182 Å². The lowest BCUT2D eigenvalue weighted by Crippen LogP contribution is -1.90. The Labute approximate surface area is 319 Å². The monoisotopic (exact) mass is 718 g/mol. The Morgan fingerprint density at radius 2 is 0.778 bits per heavy atom. The second-order valence-corrected chi connectivity index (χ2v) is 16.5. The molecular weight excluding hydrogens is 689 g/mol. The lowest BCUT2D eigenvalue weighted by Gasteiger charge is -2.18. The third-order valence-electron chi connectivity index (χ3n) is 11.4. The standard InChI is InChI=1S/C52H30S2/c1-2-10-31(11-3-1)49-38-13-4-6-15-40(38)50(41-16-7-5-14-39(41)49)36-21-20-32-28-33(18-19-34(32)29-36)35-22-23-45-48(30-35)53-47-27-26-44-42(51(45)47)24-25-43-37-12-8-9-17-46(37)54-52(43)44/h1-30H. The van der Waals surface area contributed by atoms with Gasteiger partial charge in [0.05, 0.1) is 0 Å². The molecule has 0 radical (unpaired) electrons. The smallest absolute Gasteiger partial charge is 0.0434 e. The number of rotatable bonds is 3. The number of hydrogen-bond acceptors (Lipinski definition) is 2. The average molecular weight is 719 g/mol. The van der Waals surface area contributed by atoms with Crippen molar-refractivity contribution in [2.24, 2.45) is 0 Å². The van der Waals surface area contributed by atoms with Gasteiger partial charge in [0.1, 0.15) is 0 Å². The van der Waals surface area contributed by atoms with Gasteiger partial charge >= 0.3 is 0 Å². The molecule has 0 atom stereocenters. The van der Waals surface area contributed by atoms with E-state index in [1.165, 1.54) is 117 Å². The Morgan fingerprint density at radius 1 is 0.259 bits per heavy atom. The molecule has 2 aromatic heterocycles. The van der Waals surface area contributed by atoms with E-state index in [1.54, 1.807) is 0 Å². The van der Waals surface area contributed by atoms with E-state index in [-0.39, 0.29) is 0 Å². The molecule has 54 heavy (non-hydrogen) atoms. The summed E-state index contributed by atoms with van der Waals surface area (Å²) in [6.45, 7) is 0. The molecule has 0 N–H and O–H groups in total. The fourth-order valence-corrected chi connectivity index (χ4v) is 11.4. The van der Waals surface area contributed by atoms with Crippen molar-refractivity contribution < 1.29 is 0 Å². The Balaban J connectivity index is 0.972. The number of fused-ring (bicyclic) bond motifs is 12. The molecule has 0 nitrogen and oxygen atoms in total. The predicted octanol–water partition coefficient (Wildman–Crippen LogP) is 16.0. The molecule has 0 aliphatic heterocycles. The van der Waals surface area contributed by atoms with E-state index < -0.39 is 0 Å². The second-order valence-electron chi connectivity index (χ2n) is 14.4. The quantitative estimate of drug-likeness (QED) is 0.160. The third kappa shape index (κ3) is 4.42. The van der Waals surface area contributed by atoms with Gasteiger partial charge < -0.3 is 0 Å². The molecule has 250 valence electrons. The van der Waals surface area contributed by atoms with Gasteiger partial charge in [-0.1, -0.05) is 152 Å². The van der Waals surface area contributed by atoms with Crippen LogP contribution in [0.5, 0.6) is 0 Å². The third-order valence-corrected chi connectivity index (χ3v) is 13.8. The molecule has 0 aliphatic rings. The van der Waals surface area contributed by atoms with Crippen LogP contribution in [-0.2, 0) is 0 Å². The molecule has 0 aliphatic carbocycles. The van der Waals surface area contributed by atoms with Gasteiger partial charge in [0.2, 0.25) is 0 Å². The highest BCUT2D eigenvalue weighted by Gasteiger charge is 2.18.